The zero-order valence-electron chi connectivity index (χ0n) is 10.9. The van der Waals surface area contributed by atoms with Crippen LogP contribution < -0.4 is 4.74 Å². The topological polar surface area (TPSA) is 35.5 Å². The summed E-state index contributed by atoms with van der Waals surface area (Å²) in [6.07, 6.45) is 0.442. The highest BCUT2D eigenvalue weighted by Crippen LogP contribution is 2.17. The van der Waals surface area contributed by atoms with Crippen molar-refractivity contribution in [3.63, 3.8) is 0 Å². The van der Waals surface area contributed by atoms with Crippen molar-refractivity contribution in [2.24, 2.45) is 0 Å². The molecular weight excluding hydrogens is 216 g/mol. The molecule has 0 aromatic heterocycles. The molecule has 1 atom stereocenters. The lowest BCUT2D eigenvalue weighted by Gasteiger charge is -2.11. The second kappa shape index (κ2) is 6.40. The number of rotatable bonds is 6. The Balaban J connectivity index is 2.73. The molecule has 0 bridgehead atoms. The standard InChI is InChI=1S/C14H20O3/c1-10(2)17-13-7-5-6-12(9-13)14(15)8-11(3)16-4/h5-7,9-11H,8H2,1-4H3. The van der Waals surface area contributed by atoms with E-state index >= 15 is 0 Å². The zero-order valence-corrected chi connectivity index (χ0v) is 10.9. The molecule has 3 nitrogen and oxygen atoms in total. The number of methoxy groups -OCH3 is 1. The van der Waals surface area contributed by atoms with E-state index < -0.39 is 0 Å². The van der Waals surface area contributed by atoms with Crippen LogP contribution in [0.3, 0.4) is 0 Å². The molecular formula is C14H20O3. The van der Waals surface area contributed by atoms with Gasteiger partial charge in [-0.15, -0.1) is 0 Å². The first-order valence-electron chi connectivity index (χ1n) is 5.85. The van der Waals surface area contributed by atoms with Crippen LogP contribution >= 0.6 is 0 Å². The SMILES string of the molecule is COC(C)CC(=O)c1cccc(OC(C)C)c1. The molecule has 0 heterocycles. The highest BCUT2D eigenvalue weighted by Gasteiger charge is 2.11. The molecule has 0 aliphatic carbocycles. The second-order valence-corrected chi connectivity index (χ2v) is 4.37. The first kappa shape index (κ1) is 13.7. The summed E-state index contributed by atoms with van der Waals surface area (Å²) in [4.78, 5) is 11.9. The van der Waals surface area contributed by atoms with Crippen LogP contribution in [0, 0.1) is 0 Å². The van der Waals surface area contributed by atoms with Gasteiger partial charge < -0.3 is 9.47 Å². The minimum Gasteiger partial charge on any atom is -0.491 e. The number of carbonyl (C=O) groups is 1. The molecule has 0 aliphatic rings. The van der Waals surface area contributed by atoms with Crippen LogP contribution in [0.1, 0.15) is 37.6 Å². The van der Waals surface area contributed by atoms with Crippen molar-refractivity contribution in [1.29, 1.82) is 0 Å². The van der Waals surface area contributed by atoms with E-state index in [0.29, 0.717) is 12.0 Å². The van der Waals surface area contributed by atoms with Crippen LogP contribution in [0.4, 0.5) is 0 Å². The maximum absolute atomic E-state index is 11.9. The van der Waals surface area contributed by atoms with E-state index in [9.17, 15) is 4.79 Å². The first-order valence-corrected chi connectivity index (χ1v) is 5.85. The molecule has 1 aromatic rings. The zero-order chi connectivity index (χ0) is 12.8. The molecule has 0 radical (unpaired) electrons. The van der Waals surface area contributed by atoms with Crippen molar-refractivity contribution < 1.29 is 14.3 Å². The molecule has 1 aromatic carbocycles. The van der Waals surface area contributed by atoms with Gasteiger partial charge in [-0.25, -0.2) is 0 Å². The fourth-order valence-electron chi connectivity index (χ4n) is 1.48. The lowest BCUT2D eigenvalue weighted by molar-refractivity contribution is 0.0791. The molecule has 0 amide bonds. The second-order valence-electron chi connectivity index (χ2n) is 4.37. The number of ether oxygens (including phenoxy) is 2. The van der Waals surface area contributed by atoms with E-state index in [-0.39, 0.29) is 18.0 Å². The van der Waals surface area contributed by atoms with E-state index in [1.54, 1.807) is 19.2 Å². The number of benzene rings is 1. The Morgan fingerprint density at radius 1 is 1.29 bits per heavy atom. The maximum atomic E-state index is 11.9. The summed E-state index contributed by atoms with van der Waals surface area (Å²) in [6.45, 7) is 5.80. The van der Waals surface area contributed by atoms with E-state index in [1.165, 1.54) is 0 Å². The van der Waals surface area contributed by atoms with Gasteiger partial charge in [0, 0.05) is 19.1 Å². The molecule has 0 saturated heterocycles. The predicted octanol–water partition coefficient (Wildman–Crippen LogP) is 3.08. The summed E-state index contributed by atoms with van der Waals surface area (Å²) < 4.78 is 10.6. The molecule has 0 fully saturated rings. The summed E-state index contributed by atoms with van der Waals surface area (Å²) in [5, 5.41) is 0. The Morgan fingerprint density at radius 3 is 2.59 bits per heavy atom. The van der Waals surface area contributed by atoms with Crippen molar-refractivity contribution in [2.75, 3.05) is 7.11 Å². The van der Waals surface area contributed by atoms with Crippen LogP contribution in [-0.2, 0) is 4.74 Å². The highest BCUT2D eigenvalue weighted by molar-refractivity contribution is 5.96. The Labute approximate surface area is 103 Å². The van der Waals surface area contributed by atoms with E-state index in [1.807, 2.05) is 32.9 Å². The predicted molar refractivity (Wildman–Crippen MR) is 67.6 cm³/mol. The molecule has 0 N–H and O–H groups in total. The summed E-state index contributed by atoms with van der Waals surface area (Å²) in [6, 6.07) is 7.28. The molecule has 0 aliphatic heterocycles. The minimum absolute atomic E-state index is 0.0582. The molecule has 3 heteroatoms. The van der Waals surface area contributed by atoms with Gasteiger partial charge in [0.1, 0.15) is 5.75 Å². The average molecular weight is 236 g/mol. The maximum Gasteiger partial charge on any atom is 0.165 e. The fourth-order valence-corrected chi connectivity index (χ4v) is 1.48. The summed E-state index contributed by atoms with van der Waals surface area (Å²) in [7, 11) is 1.61. The molecule has 1 unspecified atom stereocenters. The van der Waals surface area contributed by atoms with Crippen LogP contribution in [0.5, 0.6) is 5.75 Å². The molecule has 0 saturated carbocycles. The van der Waals surface area contributed by atoms with Crippen LogP contribution in [-0.4, -0.2) is 25.1 Å². The molecule has 17 heavy (non-hydrogen) atoms. The van der Waals surface area contributed by atoms with Gasteiger partial charge in [0.05, 0.1) is 12.2 Å². The molecule has 1 rings (SSSR count). The van der Waals surface area contributed by atoms with Crippen molar-refractivity contribution in [1.82, 2.24) is 0 Å². The van der Waals surface area contributed by atoms with E-state index in [4.69, 9.17) is 9.47 Å². The van der Waals surface area contributed by atoms with Gasteiger partial charge in [-0.1, -0.05) is 12.1 Å². The fraction of sp³-hybridized carbons (Fsp3) is 0.500. The van der Waals surface area contributed by atoms with Gasteiger partial charge in [0.2, 0.25) is 0 Å². The third-order valence-corrected chi connectivity index (χ3v) is 2.40. The van der Waals surface area contributed by atoms with Gasteiger partial charge in [0.15, 0.2) is 5.78 Å². The third kappa shape index (κ3) is 4.57. The van der Waals surface area contributed by atoms with Gasteiger partial charge in [-0.2, -0.15) is 0 Å². The summed E-state index contributed by atoms with van der Waals surface area (Å²) >= 11 is 0. The Morgan fingerprint density at radius 2 is 2.00 bits per heavy atom. The van der Waals surface area contributed by atoms with Gasteiger partial charge in [-0.3, -0.25) is 4.79 Å². The van der Waals surface area contributed by atoms with Crippen LogP contribution in [0.25, 0.3) is 0 Å². The number of hydrogen-bond acceptors (Lipinski definition) is 3. The quantitative estimate of drug-likeness (QED) is 0.712. The van der Waals surface area contributed by atoms with Crippen LogP contribution in [0.2, 0.25) is 0 Å². The minimum atomic E-state index is -0.0582. The van der Waals surface area contributed by atoms with Gasteiger partial charge >= 0.3 is 0 Å². The summed E-state index contributed by atoms with van der Waals surface area (Å²) in [5.74, 6) is 0.810. The van der Waals surface area contributed by atoms with E-state index in [0.717, 1.165) is 5.75 Å². The third-order valence-electron chi connectivity index (χ3n) is 2.40. The number of Topliss-reactive ketones (excluding diaryl/α,β-unsaturated/α-hetero) is 1. The van der Waals surface area contributed by atoms with Crippen molar-refractivity contribution in [3.05, 3.63) is 29.8 Å². The average Bonchev–Trinajstić information content (AvgIpc) is 2.28. The lowest BCUT2D eigenvalue weighted by atomic mass is 10.1. The highest BCUT2D eigenvalue weighted by atomic mass is 16.5. The van der Waals surface area contributed by atoms with Crippen molar-refractivity contribution in [2.45, 2.75) is 39.4 Å². The monoisotopic (exact) mass is 236 g/mol. The normalized spacial score (nSPS) is 12.5. The number of carbonyl (C=O) groups excluding carboxylic acids is 1. The first-order chi connectivity index (χ1) is 8.02. The van der Waals surface area contributed by atoms with E-state index in [2.05, 4.69) is 0 Å². The van der Waals surface area contributed by atoms with Crippen LogP contribution in [0.15, 0.2) is 24.3 Å². The number of ketones is 1. The summed E-state index contributed by atoms with van der Waals surface area (Å²) in [5.41, 5.74) is 0.673. The lowest BCUT2D eigenvalue weighted by Crippen LogP contribution is -2.12. The van der Waals surface area contributed by atoms with Crippen molar-refractivity contribution in [3.8, 4) is 5.75 Å². The molecule has 94 valence electrons. The Hall–Kier alpha value is -1.35. The van der Waals surface area contributed by atoms with Gasteiger partial charge in [0.25, 0.3) is 0 Å². The van der Waals surface area contributed by atoms with Crippen molar-refractivity contribution >= 4 is 5.78 Å². The Kier molecular flexibility index (Phi) is 5.16. The molecule has 0 spiro atoms. The number of hydrogen-bond donors (Lipinski definition) is 0. The smallest absolute Gasteiger partial charge is 0.165 e. The van der Waals surface area contributed by atoms with Gasteiger partial charge in [-0.05, 0) is 32.9 Å². The largest absolute Gasteiger partial charge is 0.491 e. The Bertz CT molecular complexity index is 371.